The number of allylic oxidation sites excluding steroid dienone is 2. The Bertz CT molecular complexity index is 463. The molecule has 0 spiro atoms. The van der Waals surface area contributed by atoms with Crippen LogP contribution in [0.4, 0.5) is 5.82 Å². The Balaban J connectivity index is 1.70. The highest BCUT2D eigenvalue weighted by Gasteiger charge is 2.39. The van der Waals surface area contributed by atoms with Crippen LogP contribution in [0, 0.1) is 17.8 Å². The molecule has 1 heterocycles. The van der Waals surface area contributed by atoms with Crippen molar-refractivity contribution < 1.29 is 4.79 Å². The number of hydrogen-bond acceptors (Lipinski definition) is 2. The Morgan fingerprint density at radius 2 is 2.41 bits per heavy atom. The van der Waals surface area contributed by atoms with Crippen molar-refractivity contribution in [2.24, 2.45) is 17.8 Å². The fraction of sp³-hybridized carbons (Fsp3) is 0.538. The second-order valence-electron chi connectivity index (χ2n) is 5.00. The van der Waals surface area contributed by atoms with Crippen LogP contribution in [0.2, 0.25) is 0 Å². The first-order valence-electron chi connectivity index (χ1n) is 6.29. The van der Waals surface area contributed by atoms with Crippen LogP contribution in [0.3, 0.4) is 0 Å². The minimum atomic E-state index is 0.140. The second kappa shape index (κ2) is 4.02. The van der Waals surface area contributed by atoms with Crippen molar-refractivity contribution in [1.82, 2.24) is 10.2 Å². The summed E-state index contributed by atoms with van der Waals surface area (Å²) < 4.78 is 0. The van der Waals surface area contributed by atoms with Gasteiger partial charge < -0.3 is 5.32 Å². The minimum Gasteiger partial charge on any atom is -0.311 e. The number of nitrogens with one attached hydrogen (secondary N) is 2. The quantitative estimate of drug-likeness (QED) is 0.783. The zero-order valence-electron chi connectivity index (χ0n) is 9.94. The molecule has 3 unspecified atom stereocenters. The van der Waals surface area contributed by atoms with Crippen molar-refractivity contribution in [3.63, 3.8) is 0 Å². The fourth-order valence-corrected chi connectivity index (χ4v) is 2.99. The first-order valence-corrected chi connectivity index (χ1v) is 6.29. The Morgan fingerprint density at radius 3 is 3.06 bits per heavy atom. The monoisotopic (exact) mass is 231 g/mol. The number of fused-ring (bicyclic) bond motifs is 2. The molecular formula is C13H17N3O. The van der Waals surface area contributed by atoms with E-state index in [1.165, 1.54) is 0 Å². The van der Waals surface area contributed by atoms with Crippen LogP contribution >= 0.6 is 0 Å². The van der Waals surface area contributed by atoms with E-state index in [1.807, 2.05) is 0 Å². The van der Waals surface area contributed by atoms with Gasteiger partial charge in [-0.3, -0.25) is 9.89 Å². The van der Waals surface area contributed by atoms with E-state index < -0.39 is 0 Å². The normalized spacial score (nSPS) is 29.8. The average Bonchev–Trinajstić information content (AvgIpc) is 3.03. The van der Waals surface area contributed by atoms with Gasteiger partial charge in [0.05, 0.1) is 6.20 Å². The number of aryl methyl sites for hydroxylation is 1. The van der Waals surface area contributed by atoms with Crippen molar-refractivity contribution in [2.45, 2.75) is 26.2 Å². The van der Waals surface area contributed by atoms with Gasteiger partial charge in [0.1, 0.15) is 5.82 Å². The third kappa shape index (κ3) is 1.77. The first kappa shape index (κ1) is 10.6. The van der Waals surface area contributed by atoms with Crippen LogP contribution in [0.15, 0.2) is 18.3 Å². The molecule has 1 saturated carbocycles. The first-order chi connectivity index (χ1) is 8.28. The number of aromatic nitrogens is 2. The number of nitrogens with zero attached hydrogens (tertiary/aromatic N) is 1. The molecule has 2 bridgehead atoms. The number of aromatic amines is 1. The maximum atomic E-state index is 12.2. The molecule has 0 radical (unpaired) electrons. The van der Waals surface area contributed by atoms with Crippen LogP contribution in [0.5, 0.6) is 0 Å². The molecule has 0 aromatic carbocycles. The van der Waals surface area contributed by atoms with Crippen LogP contribution < -0.4 is 5.32 Å². The summed E-state index contributed by atoms with van der Waals surface area (Å²) in [7, 11) is 0. The predicted molar refractivity (Wildman–Crippen MR) is 65.4 cm³/mol. The molecule has 3 atom stereocenters. The number of anilines is 1. The standard InChI is InChI=1S/C13H17N3O/c1-2-9-7-14-16-12(9)15-13(17)11-6-8-3-4-10(11)5-8/h3-4,7-8,10-11H,2,5-6H2,1H3,(H2,14,15,16,17). The highest BCUT2D eigenvalue weighted by molar-refractivity contribution is 5.93. The molecule has 90 valence electrons. The molecular weight excluding hydrogens is 214 g/mol. The van der Waals surface area contributed by atoms with Gasteiger partial charge in [0.15, 0.2) is 0 Å². The maximum Gasteiger partial charge on any atom is 0.229 e. The number of rotatable bonds is 3. The van der Waals surface area contributed by atoms with E-state index in [0.29, 0.717) is 11.8 Å². The van der Waals surface area contributed by atoms with Gasteiger partial charge in [-0.25, -0.2) is 0 Å². The molecule has 4 nitrogen and oxygen atoms in total. The fourth-order valence-electron chi connectivity index (χ4n) is 2.99. The number of amides is 1. The van der Waals surface area contributed by atoms with Gasteiger partial charge in [-0.15, -0.1) is 0 Å². The predicted octanol–water partition coefficient (Wildman–Crippen LogP) is 2.12. The number of carbonyl (C=O) groups excluding carboxylic acids is 1. The van der Waals surface area contributed by atoms with Crippen molar-refractivity contribution >= 4 is 11.7 Å². The highest BCUT2D eigenvalue weighted by atomic mass is 16.2. The molecule has 1 fully saturated rings. The molecule has 0 aliphatic heterocycles. The van der Waals surface area contributed by atoms with Crippen molar-refractivity contribution in [2.75, 3.05) is 5.32 Å². The molecule has 1 aromatic rings. The molecule has 0 saturated heterocycles. The van der Waals surface area contributed by atoms with E-state index in [4.69, 9.17) is 0 Å². The highest BCUT2D eigenvalue weighted by Crippen LogP contribution is 2.43. The lowest BCUT2D eigenvalue weighted by atomic mass is 9.93. The second-order valence-corrected chi connectivity index (χ2v) is 5.00. The Morgan fingerprint density at radius 1 is 1.53 bits per heavy atom. The summed E-state index contributed by atoms with van der Waals surface area (Å²) in [6, 6.07) is 0. The number of H-pyrrole nitrogens is 1. The molecule has 3 rings (SSSR count). The largest absolute Gasteiger partial charge is 0.311 e. The van der Waals surface area contributed by atoms with E-state index in [9.17, 15) is 4.79 Å². The number of hydrogen-bond donors (Lipinski definition) is 2. The van der Waals surface area contributed by atoms with Gasteiger partial charge >= 0.3 is 0 Å². The lowest BCUT2D eigenvalue weighted by Crippen LogP contribution is -2.26. The van der Waals surface area contributed by atoms with E-state index in [1.54, 1.807) is 6.20 Å². The Kier molecular flexibility index (Phi) is 2.50. The minimum absolute atomic E-state index is 0.140. The van der Waals surface area contributed by atoms with Gasteiger partial charge in [0.25, 0.3) is 0 Å². The van der Waals surface area contributed by atoms with Gasteiger partial charge in [-0.1, -0.05) is 19.1 Å². The summed E-state index contributed by atoms with van der Waals surface area (Å²) in [6.07, 6.45) is 9.26. The third-order valence-electron chi connectivity index (χ3n) is 3.96. The summed E-state index contributed by atoms with van der Waals surface area (Å²) in [5, 5.41) is 9.80. The smallest absolute Gasteiger partial charge is 0.229 e. The zero-order valence-corrected chi connectivity index (χ0v) is 9.94. The summed E-state index contributed by atoms with van der Waals surface area (Å²) >= 11 is 0. The summed E-state index contributed by atoms with van der Waals surface area (Å²) in [4.78, 5) is 12.2. The van der Waals surface area contributed by atoms with Gasteiger partial charge in [0.2, 0.25) is 5.91 Å². The van der Waals surface area contributed by atoms with Crippen molar-refractivity contribution in [3.8, 4) is 0 Å². The number of carbonyl (C=O) groups is 1. The van der Waals surface area contributed by atoms with E-state index in [0.717, 1.165) is 30.6 Å². The summed E-state index contributed by atoms with van der Waals surface area (Å²) in [5.41, 5.74) is 1.07. The molecule has 1 aromatic heterocycles. The Hall–Kier alpha value is -1.58. The molecule has 17 heavy (non-hydrogen) atoms. The molecule has 4 heteroatoms. The zero-order chi connectivity index (χ0) is 11.8. The third-order valence-corrected chi connectivity index (χ3v) is 3.96. The van der Waals surface area contributed by atoms with Gasteiger partial charge in [-0.2, -0.15) is 5.10 Å². The summed E-state index contributed by atoms with van der Waals surface area (Å²) in [5.74, 6) is 2.14. The molecule has 2 N–H and O–H groups in total. The van der Waals surface area contributed by atoms with Crippen LogP contribution in [-0.2, 0) is 11.2 Å². The molecule has 2 aliphatic carbocycles. The van der Waals surface area contributed by atoms with Gasteiger partial charge in [-0.05, 0) is 31.1 Å². The van der Waals surface area contributed by atoms with Crippen molar-refractivity contribution in [1.29, 1.82) is 0 Å². The Labute approximate surface area is 100 Å². The van der Waals surface area contributed by atoms with Crippen molar-refractivity contribution in [3.05, 3.63) is 23.9 Å². The lowest BCUT2D eigenvalue weighted by molar-refractivity contribution is -0.120. The van der Waals surface area contributed by atoms with E-state index in [-0.39, 0.29) is 11.8 Å². The van der Waals surface area contributed by atoms with E-state index in [2.05, 4.69) is 34.6 Å². The van der Waals surface area contributed by atoms with Crippen LogP contribution in [-0.4, -0.2) is 16.1 Å². The maximum absolute atomic E-state index is 12.2. The lowest BCUT2D eigenvalue weighted by Gasteiger charge is -2.17. The molecule has 2 aliphatic rings. The molecule has 1 amide bonds. The van der Waals surface area contributed by atoms with Crippen LogP contribution in [0.1, 0.15) is 25.3 Å². The average molecular weight is 231 g/mol. The van der Waals surface area contributed by atoms with Crippen LogP contribution in [0.25, 0.3) is 0 Å². The van der Waals surface area contributed by atoms with Gasteiger partial charge in [0, 0.05) is 11.5 Å². The summed E-state index contributed by atoms with van der Waals surface area (Å²) in [6.45, 7) is 2.06. The SMILES string of the molecule is CCc1cn[nH]c1NC(=O)C1CC2C=CC1C2. The van der Waals surface area contributed by atoms with E-state index >= 15 is 0 Å². The topological polar surface area (TPSA) is 57.8 Å².